The average molecular weight is 407 g/mol. The minimum Gasteiger partial charge on any atom is -0.359 e. The molecular formula is C23H30N6O. The minimum absolute atomic E-state index is 0.201. The van der Waals surface area contributed by atoms with Gasteiger partial charge < -0.3 is 9.88 Å². The Morgan fingerprint density at radius 1 is 1.23 bits per heavy atom. The molecule has 1 fully saturated rings. The van der Waals surface area contributed by atoms with Crippen LogP contribution >= 0.6 is 0 Å². The normalized spacial score (nSPS) is 17.7. The lowest BCUT2D eigenvalue weighted by Crippen LogP contribution is -2.24. The van der Waals surface area contributed by atoms with Gasteiger partial charge in [-0.05, 0) is 75.4 Å². The molecule has 2 aromatic rings. The van der Waals surface area contributed by atoms with Crippen molar-refractivity contribution in [2.24, 2.45) is 5.10 Å². The molecule has 1 aliphatic carbocycles. The molecule has 4 rings (SSSR count). The van der Waals surface area contributed by atoms with E-state index in [-0.39, 0.29) is 5.91 Å². The molecule has 0 aromatic carbocycles. The molecule has 2 N–H and O–H groups in total. The van der Waals surface area contributed by atoms with Gasteiger partial charge in [-0.25, -0.2) is 5.43 Å². The van der Waals surface area contributed by atoms with Crippen molar-refractivity contribution in [2.75, 3.05) is 19.6 Å². The number of hydrazone groups is 1. The molecule has 3 heterocycles. The third-order valence-corrected chi connectivity index (χ3v) is 6.03. The second-order valence-electron chi connectivity index (χ2n) is 8.01. The van der Waals surface area contributed by atoms with Crippen LogP contribution in [0.3, 0.4) is 0 Å². The fourth-order valence-corrected chi connectivity index (χ4v) is 4.23. The topological polar surface area (TPSA) is 86.3 Å². The number of aromatic amines is 1. The van der Waals surface area contributed by atoms with Gasteiger partial charge in [-0.1, -0.05) is 13.8 Å². The Bertz CT molecular complexity index is 967. The van der Waals surface area contributed by atoms with Crippen molar-refractivity contribution in [3.05, 3.63) is 52.4 Å². The zero-order valence-electron chi connectivity index (χ0n) is 18.0. The summed E-state index contributed by atoms with van der Waals surface area (Å²) in [5, 5.41) is 4.20. The van der Waals surface area contributed by atoms with Gasteiger partial charge in [0.25, 0.3) is 5.91 Å². The third-order valence-electron chi connectivity index (χ3n) is 6.03. The fraction of sp³-hybridized carbons (Fsp3) is 0.478. The molecule has 158 valence electrons. The standard InChI is InChI=1S/C23H30N6O/c1-4-29(5-2)12-6-7-17-15(3)26-19(21(17)16-8-9-16)13-18-22(27-28-23(18)30)20-14-24-10-11-25-20/h10-11,13-14,16,26H,4-9,12H2,1-3H3,(H,28,30). The number of rotatable bonds is 9. The highest BCUT2D eigenvalue weighted by molar-refractivity contribution is 6.32. The molecule has 0 atom stereocenters. The zero-order chi connectivity index (χ0) is 21.1. The maximum atomic E-state index is 12.5. The molecular weight excluding hydrogens is 376 g/mol. The summed E-state index contributed by atoms with van der Waals surface area (Å²) in [6, 6.07) is 0. The Hall–Kier alpha value is -2.80. The van der Waals surface area contributed by atoms with Crippen molar-refractivity contribution in [2.45, 2.75) is 52.4 Å². The number of aryl methyl sites for hydroxylation is 1. The van der Waals surface area contributed by atoms with E-state index in [1.165, 1.54) is 29.7 Å². The summed E-state index contributed by atoms with van der Waals surface area (Å²) in [5.41, 5.74) is 9.31. The minimum atomic E-state index is -0.201. The third kappa shape index (κ3) is 4.21. The molecule has 7 nitrogen and oxygen atoms in total. The Balaban J connectivity index is 1.63. The van der Waals surface area contributed by atoms with Crippen LogP contribution in [-0.4, -0.2) is 51.1 Å². The molecule has 7 heteroatoms. The van der Waals surface area contributed by atoms with Gasteiger partial charge in [0.05, 0.1) is 11.8 Å². The van der Waals surface area contributed by atoms with E-state index in [4.69, 9.17) is 0 Å². The highest BCUT2D eigenvalue weighted by atomic mass is 16.2. The van der Waals surface area contributed by atoms with Crippen molar-refractivity contribution in [1.82, 2.24) is 25.3 Å². The van der Waals surface area contributed by atoms with E-state index in [1.54, 1.807) is 18.6 Å². The first-order valence-electron chi connectivity index (χ1n) is 10.9. The summed E-state index contributed by atoms with van der Waals surface area (Å²) in [4.78, 5) is 26.9. The summed E-state index contributed by atoms with van der Waals surface area (Å²) in [6.07, 6.45) is 11.4. The predicted octanol–water partition coefficient (Wildman–Crippen LogP) is 3.18. The maximum Gasteiger partial charge on any atom is 0.273 e. The number of hydrogen-bond donors (Lipinski definition) is 2. The molecule has 1 amide bonds. The number of carbonyl (C=O) groups excluding carboxylic acids is 1. The van der Waals surface area contributed by atoms with Crippen LogP contribution < -0.4 is 5.43 Å². The van der Waals surface area contributed by atoms with Gasteiger partial charge in [-0.3, -0.25) is 14.8 Å². The van der Waals surface area contributed by atoms with Gasteiger partial charge in [-0.15, -0.1) is 0 Å². The van der Waals surface area contributed by atoms with E-state index in [0.717, 1.165) is 38.2 Å². The van der Waals surface area contributed by atoms with E-state index in [2.05, 4.69) is 51.2 Å². The Morgan fingerprint density at radius 3 is 2.70 bits per heavy atom. The van der Waals surface area contributed by atoms with E-state index < -0.39 is 0 Å². The van der Waals surface area contributed by atoms with E-state index in [0.29, 0.717) is 22.9 Å². The number of aromatic nitrogens is 3. The zero-order valence-corrected chi connectivity index (χ0v) is 18.0. The SMILES string of the molecule is CCN(CC)CCCc1c(C)[nH]c(C=C2C(=O)NN=C2c2cnccn2)c1C1CC1. The number of amides is 1. The largest absolute Gasteiger partial charge is 0.359 e. The summed E-state index contributed by atoms with van der Waals surface area (Å²) in [5.74, 6) is 0.388. The summed E-state index contributed by atoms with van der Waals surface area (Å²) >= 11 is 0. The molecule has 0 bridgehead atoms. The van der Waals surface area contributed by atoms with Crippen LogP contribution in [0.2, 0.25) is 0 Å². The van der Waals surface area contributed by atoms with Crippen LogP contribution in [0.4, 0.5) is 0 Å². The molecule has 2 aromatic heterocycles. The molecule has 0 radical (unpaired) electrons. The van der Waals surface area contributed by atoms with E-state index in [9.17, 15) is 4.79 Å². The molecule has 0 unspecified atom stereocenters. The average Bonchev–Trinajstić information content (AvgIpc) is 3.47. The lowest BCUT2D eigenvalue weighted by molar-refractivity contribution is -0.116. The number of carbonyl (C=O) groups is 1. The van der Waals surface area contributed by atoms with Gasteiger partial charge in [0.1, 0.15) is 11.4 Å². The summed E-state index contributed by atoms with van der Waals surface area (Å²) in [6.45, 7) is 9.88. The molecule has 0 spiro atoms. The highest BCUT2D eigenvalue weighted by Gasteiger charge is 2.32. The lowest BCUT2D eigenvalue weighted by atomic mass is 9.98. The quantitative estimate of drug-likeness (QED) is 0.626. The summed E-state index contributed by atoms with van der Waals surface area (Å²) < 4.78 is 0. The van der Waals surface area contributed by atoms with Crippen molar-refractivity contribution in [3.8, 4) is 0 Å². The lowest BCUT2D eigenvalue weighted by Gasteiger charge is -2.17. The van der Waals surface area contributed by atoms with Crippen LogP contribution in [0.5, 0.6) is 0 Å². The van der Waals surface area contributed by atoms with Crippen molar-refractivity contribution < 1.29 is 4.79 Å². The molecule has 0 saturated heterocycles. The van der Waals surface area contributed by atoms with Gasteiger partial charge in [0, 0.05) is 23.8 Å². The summed E-state index contributed by atoms with van der Waals surface area (Å²) in [7, 11) is 0. The first kappa shape index (κ1) is 20.5. The van der Waals surface area contributed by atoms with Crippen LogP contribution in [-0.2, 0) is 11.2 Å². The van der Waals surface area contributed by atoms with Crippen molar-refractivity contribution in [1.29, 1.82) is 0 Å². The molecule has 1 aliphatic heterocycles. The first-order valence-corrected chi connectivity index (χ1v) is 10.9. The van der Waals surface area contributed by atoms with Crippen LogP contribution in [0.1, 0.15) is 67.2 Å². The van der Waals surface area contributed by atoms with Crippen LogP contribution in [0.15, 0.2) is 29.3 Å². The first-order chi connectivity index (χ1) is 14.6. The second-order valence-corrected chi connectivity index (χ2v) is 8.01. The molecule has 1 saturated carbocycles. The number of nitrogens with one attached hydrogen (secondary N) is 2. The predicted molar refractivity (Wildman–Crippen MR) is 118 cm³/mol. The maximum absolute atomic E-state index is 12.5. The Morgan fingerprint density at radius 2 is 2.03 bits per heavy atom. The Kier molecular flexibility index (Phi) is 6.08. The molecule has 2 aliphatic rings. The van der Waals surface area contributed by atoms with Gasteiger partial charge >= 0.3 is 0 Å². The van der Waals surface area contributed by atoms with Gasteiger partial charge in [0.15, 0.2) is 0 Å². The number of nitrogens with zero attached hydrogens (tertiary/aromatic N) is 4. The van der Waals surface area contributed by atoms with E-state index >= 15 is 0 Å². The fourth-order valence-electron chi connectivity index (χ4n) is 4.23. The van der Waals surface area contributed by atoms with Crippen molar-refractivity contribution >= 4 is 17.7 Å². The van der Waals surface area contributed by atoms with Gasteiger partial charge in [-0.2, -0.15) is 5.10 Å². The number of hydrogen-bond acceptors (Lipinski definition) is 5. The monoisotopic (exact) mass is 406 g/mol. The van der Waals surface area contributed by atoms with Gasteiger partial charge in [0.2, 0.25) is 0 Å². The highest BCUT2D eigenvalue weighted by Crippen LogP contribution is 2.45. The Labute approximate surface area is 177 Å². The second kappa shape index (κ2) is 8.92. The van der Waals surface area contributed by atoms with Crippen LogP contribution in [0.25, 0.3) is 6.08 Å². The number of H-pyrrole nitrogens is 1. The van der Waals surface area contributed by atoms with Crippen LogP contribution in [0, 0.1) is 6.92 Å². The van der Waals surface area contributed by atoms with Crippen molar-refractivity contribution in [3.63, 3.8) is 0 Å². The van der Waals surface area contributed by atoms with E-state index in [1.807, 2.05) is 6.08 Å². The smallest absolute Gasteiger partial charge is 0.273 e. The molecule has 30 heavy (non-hydrogen) atoms.